The van der Waals surface area contributed by atoms with Crippen molar-refractivity contribution in [1.82, 2.24) is 5.43 Å². The normalized spacial score (nSPS) is 12.2. The van der Waals surface area contributed by atoms with E-state index in [2.05, 4.69) is 5.43 Å². The summed E-state index contributed by atoms with van der Waals surface area (Å²) >= 11 is 13.0. The average Bonchev–Trinajstić information content (AvgIpc) is 2.32. The van der Waals surface area contributed by atoms with Crippen LogP contribution >= 0.6 is 35.0 Å². The first kappa shape index (κ1) is 14.6. The molecule has 0 heterocycles. The number of nitrogens with two attached hydrogens (primary N) is 1. The molecule has 3 N–H and O–H groups in total. The van der Waals surface area contributed by atoms with Crippen molar-refractivity contribution in [1.29, 1.82) is 0 Å². The maximum absolute atomic E-state index is 11.5. The first-order chi connectivity index (χ1) is 8.08. The number of hydrazine groups is 1. The van der Waals surface area contributed by atoms with Crippen LogP contribution in [0.2, 0.25) is 10.0 Å². The van der Waals surface area contributed by atoms with Crippen molar-refractivity contribution in [2.75, 3.05) is 13.7 Å². The molecule has 0 spiro atoms. The summed E-state index contributed by atoms with van der Waals surface area (Å²) in [6.45, 7) is 0.258. The number of hydrogen-bond donors (Lipinski definition) is 2. The number of hydrogen-bond acceptors (Lipinski definition) is 4. The molecule has 1 aromatic rings. The fourth-order valence-electron chi connectivity index (χ4n) is 1.12. The highest BCUT2D eigenvalue weighted by Crippen LogP contribution is 2.30. The number of halogens is 2. The van der Waals surface area contributed by atoms with Gasteiger partial charge in [0.1, 0.15) is 5.25 Å². The van der Waals surface area contributed by atoms with Gasteiger partial charge in [0.05, 0.1) is 16.7 Å². The summed E-state index contributed by atoms with van der Waals surface area (Å²) in [5.74, 6) is 4.79. The Bertz CT molecular complexity index is 404. The van der Waals surface area contributed by atoms with Crippen molar-refractivity contribution in [2.24, 2.45) is 5.84 Å². The molecule has 0 bridgehead atoms. The van der Waals surface area contributed by atoms with Gasteiger partial charge in [-0.25, -0.2) is 5.84 Å². The molecule has 0 aliphatic rings. The molecule has 1 atom stereocenters. The van der Waals surface area contributed by atoms with Gasteiger partial charge in [0, 0.05) is 12.0 Å². The lowest BCUT2D eigenvalue weighted by atomic mass is 10.4. The molecular formula is C10H12Cl2N2O2S. The topological polar surface area (TPSA) is 64.3 Å². The molecule has 17 heavy (non-hydrogen) atoms. The number of amides is 1. The average molecular weight is 295 g/mol. The molecule has 0 radical (unpaired) electrons. The highest BCUT2D eigenvalue weighted by atomic mass is 35.5. The lowest BCUT2D eigenvalue weighted by Crippen LogP contribution is -2.39. The Kier molecular flexibility index (Phi) is 6.08. The number of benzene rings is 1. The van der Waals surface area contributed by atoms with E-state index < -0.39 is 5.25 Å². The molecule has 1 unspecified atom stereocenters. The summed E-state index contributed by atoms with van der Waals surface area (Å²) in [6.07, 6.45) is 0. The zero-order chi connectivity index (χ0) is 12.8. The summed E-state index contributed by atoms with van der Waals surface area (Å²) < 4.78 is 4.96. The monoisotopic (exact) mass is 294 g/mol. The second-order valence-corrected chi connectivity index (χ2v) is 5.24. The third kappa shape index (κ3) is 4.37. The number of methoxy groups -OCH3 is 1. The molecule has 94 valence electrons. The Morgan fingerprint density at radius 1 is 1.53 bits per heavy atom. The van der Waals surface area contributed by atoms with Crippen LogP contribution in [0.25, 0.3) is 0 Å². The van der Waals surface area contributed by atoms with E-state index in [1.54, 1.807) is 18.2 Å². The fraction of sp³-hybridized carbons (Fsp3) is 0.300. The van der Waals surface area contributed by atoms with Gasteiger partial charge in [0.25, 0.3) is 0 Å². The first-order valence-electron chi connectivity index (χ1n) is 4.69. The van der Waals surface area contributed by atoms with Crippen LogP contribution in [0.3, 0.4) is 0 Å². The maximum atomic E-state index is 11.5. The van der Waals surface area contributed by atoms with Crippen LogP contribution in [0.15, 0.2) is 23.1 Å². The molecule has 0 saturated carbocycles. The van der Waals surface area contributed by atoms with E-state index in [4.69, 9.17) is 33.8 Å². The van der Waals surface area contributed by atoms with Crippen LogP contribution in [0.1, 0.15) is 0 Å². The number of thioether (sulfide) groups is 1. The van der Waals surface area contributed by atoms with Gasteiger partial charge in [0.2, 0.25) is 5.91 Å². The Balaban J connectivity index is 2.78. The van der Waals surface area contributed by atoms with Crippen LogP contribution in [0.5, 0.6) is 0 Å². The van der Waals surface area contributed by atoms with Crippen LogP contribution < -0.4 is 11.3 Å². The molecule has 1 aromatic carbocycles. The molecule has 7 heteroatoms. The minimum absolute atomic E-state index is 0.258. The summed E-state index contributed by atoms with van der Waals surface area (Å²) in [6, 6.07) is 5.16. The quantitative estimate of drug-likeness (QED) is 0.378. The number of carbonyl (C=O) groups excluding carboxylic acids is 1. The lowest BCUT2D eigenvalue weighted by Gasteiger charge is -2.14. The molecule has 0 saturated heterocycles. The second kappa shape index (κ2) is 7.08. The summed E-state index contributed by atoms with van der Waals surface area (Å²) in [5.41, 5.74) is 2.10. The summed E-state index contributed by atoms with van der Waals surface area (Å²) in [4.78, 5) is 12.3. The van der Waals surface area contributed by atoms with Crippen molar-refractivity contribution >= 4 is 40.9 Å². The minimum Gasteiger partial charge on any atom is -0.383 e. The van der Waals surface area contributed by atoms with Crippen LogP contribution in [0, 0.1) is 0 Å². The Morgan fingerprint density at radius 3 is 2.76 bits per heavy atom. The number of ether oxygens (including phenoxy) is 1. The van der Waals surface area contributed by atoms with Gasteiger partial charge >= 0.3 is 0 Å². The van der Waals surface area contributed by atoms with Gasteiger partial charge in [-0.05, 0) is 18.2 Å². The Morgan fingerprint density at radius 2 is 2.24 bits per heavy atom. The van der Waals surface area contributed by atoms with Gasteiger partial charge in [-0.15, -0.1) is 11.8 Å². The number of rotatable bonds is 5. The highest BCUT2D eigenvalue weighted by molar-refractivity contribution is 8.00. The largest absolute Gasteiger partial charge is 0.383 e. The van der Waals surface area contributed by atoms with Crippen LogP contribution in [-0.2, 0) is 9.53 Å². The van der Waals surface area contributed by atoms with Crippen LogP contribution in [-0.4, -0.2) is 24.9 Å². The van der Waals surface area contributed by atoms with E-state index >= 15 is 0 Å². The van der Waals surface area contributed by atoms with Gasteiger partial charge in [0.15, 0.2) is 0 Å². The second-order valence-electron chi connectivity index (χ2n) is 3.15. The van der Waals surface area contributed by atoms with E-state index in [1.807, 2.05) is 0 Å². The zero-order valence-electron chi connectivity index (χ0n) is 9.07. The third-order valence-electron chi connectivity index (χ3n) is 1.92. The van der Waals surface area contributed by atoms with E-state index in [0.29, 0.717) is 10.0 Å². The Labute approximate surface area is 114 Å². The molecule has 0 aliphatic carbocycles. The first-order valence-corrected chi connectivity index (χ1v) is 6.33. The summed E-state index contributed by atoms with van der Waals surface area (Å²) in [5, 5.41) is 0.491. The predicted octanol–water partition coefficient (Wildman–Crippen LogP) is 2.09. The van der Waals surface area contributed by atoms with Gasteiger partial charge in [-0.1, -0.05) is 23.2 Å². The van der Waals surface area contributed by atoms with Gasteiger partial charge < -0.3 is 4.74 Å². The number of carbonyl (C=O) groups is 1. The van der Waals surface area contributed by atoms with E-state index in [9.17, 15) is 4.79 Å². The van der Waals surface area contributed by atoms with Crippen molar-refractivity contribution in [3.63, 3.8) is 0 Å². The minimum atomic E-state index is -0.428. The van der Waals surface area contributed by atoms with Crippen molar-refractivity contribution in [3.8, 4) is 0 Å². The van der Waals surface area contributed by atoms with E-state index in [1.165, 1.54) is 18.9 Å². The van der Waals surface area contributed by atoms with Gasteiger partial charge in [-0.3, -0.25) is 10.2 Å². The van der Waals surface area contributed by atoms with E-state index in [0.717, 1.165) is 4.90 Å². The van der Waals surface area contributed by atoms with Crippen molar-refractivity contribution < 1.29 is 9.53 Å². The molecular weight excluding hydrogens is 283 g/mol. The highest BCUT2D eigenvalue weighted by Gasteiger charge is 2.19. The molecule has 0 fully saturated rings. The SMILES string of the molecule is COCC(Sc1ccc(Cl)c(Cl)c1)C(=O)NN. The number of nitrogens with one attached hydrogen (secondary N) is 1. The van der Waals surface area contributed by atoms with Crippen molar-refractivity contribution in [2.45, 2.75) is 10.1 Å². The smallest absolute Gasteiger partial charge is 0.249 e. The molecule has 1 amide bonds. The molecule has 0 aliphatic heterocycles. The van der Waals surface area contributed by atoms with Crippen molar-refractivity contribution in [3.05, 3.63) is 28.2 Å². The molecule has 1 rings (SSSR count). The van der Waals surface area contributed by atoms with E-state index in [-0.39, 0.29) is 12.5 Å². The Hall–Kier alpha value is -0.460. The zero-order valence-corrected chi connectivity index (χ0v) is 11.4. The fourth-order valence-corrected chi connectivity index (χ4v) is 2.53. The van der Waals surface area contributed by atoms with Crippen LogP contribution in [0.4, 0.5) is 0 Å². The maximum Gasteiger partial charge on any atom is 0.249 e. The predicted molar refractivity (Wildman–Crippen MR) is 70.3 cm³/mol. The lowest BCUT2D eigenvalue weighted by molar-refractivity contribution is -0.121. The van der Waals surface area contributed by atoms with Gasteiger partial charge in [-0.2, -0.15) is 0 Å². The standard InChI is InChI=1S/C10H12Cl2N2O2S/c1-16-5-9(10(15)14-13)17-6-2-3-7(11)8(12)4-6/h2-4,9H,5,13H2,1H3,(H,14,15). The molecule has 4 nitrogen and oxygen atoms in total. The summed E-state index contributed by atoms with van der Waals surface area (Å²) in [7, 11) is 1.52. The third-order valence-corrected chi connectivity index (χ3v) is 3.82. The molecule has 0 aromatic heterocycles.